The summed E-state index contributed by atoms with van der Waals surface area (Å²) in [5.41, 5.74) is 2.83. The fourth-order valence-electron chi connectivity index (χ4n) is 1.94. The van der Waals surface area contributed by atoms with Crippen LogP contribution in [0.1, 0.15) is 11.1 Å². The van der Waals surface area contributed by atoms with E-state index in [2.05, 4.69) is 0 Å². The van der Waals surface area contributed by atoms with Gasteiger partial charge in [0.2, 0.25) is 5.91 Å². The van der Waals surface area contributed by atoms with Crippen LogP contribution in [0.3, 0.4) is 0 Å². The Kier molecular flexibility index (Phi) is 3.85. The van der Waals surface area contributed by atoms with Crippen molar-refractivity contribution < 1.29 is 9.90 Å². The van der Waals surface area contributed by atoms with Gasteiger partial charge in [-0.05, 0) is 30.2 Å². The monoisotopic (exact) mass is 255 g/mol. The van der Waals surface area contributed by atoms with Crippen molar-refractivity contribution >= 4 is 11.6 Å². The number of rotatable bonds is 3. The molecule has 3 heteroatoms. The molecule has 3 nitrogen and oxygen atoms in total. The Bertz CT molecular complexity index is 593. The van der Waals surface area contributed by atoms with Gasteiger partial charge in [0.05, 0.1) is 6.42 Å². The lowest BCUT2D eigenvalue weighted by Crippen LogP contribution is -2.27. The average Bonchev–Trinajstić information content (AvgIpc) is 2.40. The number of likely N-dealkylation sites (N-methyl/N-ethyl adjacent to an activating group) is 1. The van der Waals surface area contributed by atoms with Gasteiger partial charge in [-0.2, -0.15) is 0 Å². The van der Waals surface area contributed by atoms with Crippen LogP contribution in [-0.4, -0.2) is 18.1 Å². The molecular weight excluding hydrogens is 238 g/mol. The first-order chi connectivity index (χ1) is 9.08. The molecule has 2 aromatic rings. The van der Waals surface area contributed by atoms with Gasteiger partial charge in [0.25, 0.3) is 0 Å². The highest BCUT2D eigenvalue weighted by Crippen LogP contribution is 2.20. The first kappa shape index (κ1) is 13.1. The minimum atomic E-state index is -0.0000926. The largest absolute Gasteiger partial charge is 0.508 e. The molecule has 98 valence electrons. The summed E-state index contributed by atoms with van der Waals surface area (Å²) in [6, 6.07) is 14.5. The van der Waals surface area contributed by atoms with E-state index < -0.39 is 0 Å². The average molecular weight is 255 g/mol. The predicted octanol–water partition coefficient (Wildman–Crippen LogP) is 2.91. The number of hydrogen-bond acceptors (Lipinski definition) is 2. The zero-order valence-corrected chi connectivity index (χ0v) is 11.1. The lowest BCUT2D eigenvalue weighted by molar-refractivity contribution is -0.117. The number of phenols is 1. The molecule has 0 fully saturated rings. The standard InChI is InChI=1S/C16H17NO2/c1-12-6-3-4-7-13(12)10-16(19)17(2)14-8-5-9-15(18)11-14/h3-9,11,18H,10H2,1-2H3. The molecule has 0 aliphatic rings. The highest BCUT2D eigenvalue weighted by atomic mass is 16.3. The Balaban J connectivity index is 2.14. The maximum absolute atomic E-state index is 12.2. The van der Waals surface area contributed by atoms with Crippen molar-refractivity contribution in [3.05, 3.63) is 59.7 Å². The van der Waals surface area contributed by atoms with E-state index in [9.17, 15) is 9.90 Å². The summed E-state index contributed by atoms with van der Waals surface area (Å²) < 4.78 is 0. The van der Waals surface area contributed by atoms with Crippen LogP contribution in [-0.2, 0) is 11.2 Å². The lowest BCUT2D eigenvalue weighted by Gasteiger charge is -2.18. The Hall–Kier alpha value is -2.29. The van der Waals surface area contributed by atoms with Crippen molar-refractivity contribution in [3.8, 4) is 5.75 Å². The normalized spacial score (nSPS) is 10.2. The van der Waals surface area contributed by atoms with Gasteiger partial charge >= 0.3 is 0 Å². The molecule has 1 amide bonds. The molecule has 19 heavy (non-hydrogen) atoms. The Morgan fingerprint density at radius 3 is 2.58 bits per heavy atom. The quantitative estimate of drug-likeness (QED) is 0.916. The van der Waals surface area contributed by atoms with Gasteiger partial charge in [-0.25, -0.2) is 0 Å². The van der Waals surface area contributed by atoms with Gasteiger partial charge in [0.15, 0.2) is 0 Å². The first-order valence-corrected chi connectivity index (χ1v) is 6.18. The van der Waals surface area contributed by atoms with Crippen LogP contribution < -0.4 is 4.90 Å². The number of aryl methyl sites for hydroxylation is 1. The summed E-state index contributed by atoms with van der Waals surface area (Å²) >= 11 is 0. The number of aromatic hydroxyl groups is 1. The summed E-state index contributed by atoms with van der Waals surface area (Å²) in [5.74, 6) is 0.160. The molecule has 0 bridgehead atoms. The van der Waals surface area contributed by atoms with E-state index in [1.807, 2.05) is 31.2 Å². The highest BCUT2D eigenvalue weighted by Gasteiger charge is 2.12. The van der Waals surface area contributed by atoms with E-state index in [1.165, 1.54) is 0 Å². The highest BCUT2D eigenvalue weighted by molar-refractivity contribution is 5.94. The second-order valence-corrected chi connectivity index (χ2v) is 4.58. The van der Waals surface area contributed by atoms with Crippen molar-refractivity contribution in [2.24, 2.45) is 0 Å². The second kappa shape index (κ2) is 5.57. The molecule has 0 spiro atoms. The van der Waals surface area contributed by atoms with Crippen molar-refractivity contribution in [3.63, 3.8) is 0 Å². The third-order valence-electron chi connectivity index (χ3n) is 3.19. The van der Waals surface area contributed by atoms with Crippen LogP contribution >= 0.6 is 0 Å². The molecule has 0 saturated heterocycles. The molecule has 1 N–H and O–H groups in total. The van der Waals surface area contributed by atoms with Gasteiger partial charge in [0.1, 0.15) is 5.75 Å². The van der Waals surface area contributed by atoms with Crippen LogP contribution in [0.15, 0.2) is 48.5 Å². The molecule has 2 rings (SSSR count). The van der Waals surface area contributed by atoms with Crippen molar-refractivity contribution in [1.29, 1.82) is 0 Å². The number of amides is 1. The van der Waals surface area contributed by atoms with E-state index in [-0.39, 0.29) is 11.7 Å². The van der Waals surface area contributed by atoms with Gasteiger partial charge in [0, 0.05) is 18.8 Å². The number of phenolic OH excluding ortho intramolecular Hbond substituents is 1. The number of carbonyl (C=O) groups is 1. The molecule has 0 heterocycles. The molecule has 0 atom stereocenters. The molecule has 0 radical (unpaired) electrons. The number of nitrogens with zero attached hydrogens (tertiary/aromatic N) is 1. The fraction of sp³-hybridized carbons (Fsp3) is 0.188. The Labute approximate surface area is 113 Å². The van der Waals surface area contributed by atoms with Crippen LogP contribution in [0.2, 0.25) is 0 Å². The first-order valence-electron chi connectivity index (χ1n) is 6.18. The van der Waals surface area contributed by atoms with Crippen LogP contribution in [0.4, 0.5) is 5.69 Å². The summed E-state index contributed by atoms with van der Waals surface area (Å²) in [6.07, 6.45) is 0.360. The molecule has 0 aromatic heterocycles. The smallest absolute Gasteiger partial charge is 0.231 e. The van der Waals surface area contributed by atoms with Crippen LogP contribution in [0.5, 0.6) is 5.75 Å². The minimum absolute atomic E-state index is 0.0000926. The molecule has 0 aliphatic carbocycles. The Morgan fingerprint density at radius 2 is 1.89 bits per heavy atom. The fourth-order valence-corrected chi connectivity index (χ4v) is 1.94. The SMILES string of the molecule is Cc1ccccc1CC(=O)N(C)c1cccc(O)c1. The number of hydrogen-bond donors (Lipinski definition) is 1. The van der Waals surface area contributed by atoms with Crippen molar-refractivity contribution in [1.82, 2.24) is 0 Å². The van der Waals surface area contributed by atoms with Crippen LogP contribution in [0.25, 0.3) is 0 Å². The maximum Gasteiger partial charge on any atom is 0.231 e. The zero-order valence-electron chi connectivity index (χ0n) is 11.1. The molecular formula is C16H17NO2. The molecule has 0 unspecified atom stereocenters. The third kappa shape index (κ3) is 3.13. The van der Waals surface area contributed by atoms with E-state index >= 15 is 0 Å². The molecule has 0 aliphatic heterocycles. The van der Waals surface area contributed by atoms with Crippen molar-refractivity contribution in [2.75, 3.05) is 11.9 Å². The van der Waals surface area contributed by atoms with Gasteiger partial charge in [-0.1, -0.05) is 30.3 Å². The van der Waals surface area contributed by atoms with E-state index in [1.54, 1.807) is 36.2 Å². The summed E-state index contributed by atoms with van der Waals surface area (Å²) in [6.45, 7) is 2.00. The number of benzene rings is 2. The summed E-state index contributed by atoms with van der Waals surface area (Å²) in [4.78, 5) is 13.8. The Morgan fingerprint density at radius 1 is 1.16 bits per heavy atom. The maximum atomic E-state index is 12.2. The van der Waals surface area contributed by atoms with Gasteiger partial charge in [-0.3, -0.25) is 4.79 Å². The number of anilines is 1. The van der Waals surface area contributed by atoms with E-state index in [4.69, 9.17) is 0 Å². The molecule has 0 saturated carbocycles. The van der Waals surface area contributed by atoms with E-state index in [0.717, 1.165) is 11.1 Å². The number of carbonyl (C=O) groups excluding carboxylic acids is 1. The predicted molar refractivity (Wildman–Crippen MR) is 76.4 cm³/mol. The second-order valence-electron chi connectivity index (χ2n) is 4.58. The summed E-state index contributed by atoms with van der Waals surface area (Å²) in [7, 11) is 1.72. The van der Waals surface area contributed by atoms with E-state index in [0.29, 0.717) is 12.1 Å². The summed E-state index contributed by atoms with van der Waals surface area (Å²) in [5, 5.41) is 9.44. The third-order valence-corrected chi connectivity index (χ3v) is 3.19. The van der Waals surface area contributed by atoms with Gasteiger partial charge in [-0.15, -0.1) is 0 Å². The topological polar surface area (TPSA) is 40.5 Å². The van der Waals surface area contributed by atoms with Crippen molar-refractivity contribution in [2.45, 2.75) is 13.3 Å². The zero-order chi connectivity index (χ0) is 13.8. The minimum Gasteiger partial charge on any atom is -0.508 e. The van der Waals surface area contributed by atoms with Crippen LogP contribution in [0, 0.1) is 6.92 Å². The lowest BCUT2D eigenvalue weighted by atomic mass is 10.1. The van der Waals surface area contributed by atoms with Gasteiger partial charge < -0.3 is 10.0 Å². The molecule has 2 aromatic carbocycles.